The summed E-state index contributed by atoms with van der Waals surface area (Å²) < 4.78 is 34.8. The van der Waals surface area contributed by atoms with Crippen LogP contribution in [0.5, 0.6) is 5.75 Å². The predicted molar refractivity (Wildman–Crippen MR) is 170 cm³/mol. The van der Waals surface area contributed by atoms with E-state index in [1.54, 1.807) is 43.1 Å². The molecule has 11 heteroatoms. The van der Waals surface area contributed by atoms with Crippen LogP contribution in [-0.4, -0.2) is 74.2 Å². The largest absolute Gasteiger partial charge is 0.487 e. The first kappa shape index (κ1) is 30.8. The third-order valence-corrected chi connectivity index (χ3v) is 9.20. The SMILES string of the molecule is C[C@@H]1CN([C@H](C)CO)C(=O)c2cc(NS(=O)(=O)c3ccccc3)ccc2O[C@@H]1CN(C)C(=O)Nc1cccc2ccccc12. The van der Waals surface area contributed by atoms with E-state index in [2.05, 4.69) is 10.0 Å². The van der Waals surface area contributed by atoms with Crippen molar-refractivity contribution in [3.8, 4) is 5.75 Å². The number of benzene rings is 4. The van der Waals surface area contributed by atoms with Gasteiger partial charge in [0.2, 0.25) is 0 Å². The Kier molecular flexibility index (Phi) is 9.07. The zero-order chi connectivity index (χ0) is 31.4. The van der Waals surface area contributed by atoms with Gasteiger partial charge >= 0.3 is 6.03 Å². The molecule has 0 bridgehead atoms. The van der Waals surface area contributed by atoms with Gasteiger partial charge in [-0.2, -0.15) is 0 Å². The molecule has 3 N–H and O–H groups in total. The Labute approximate surface area is 257 Å². The van der Waals surface area contributed by atoms with Crippen molar-refractivity contribution in [3.05, 3.63) is 96.6 Å². The molecule has 0 saturated heterocycles. The normalized spacial score (nSPS) is 17.5. The van der Waals surface area contributed by atoms with Gasteiger partial charge in [0.1, 0.15) is 11.9 Å². The lowest BCUT2D eigenvalue weighted by molar-refractivity contribution is 0.0371. The average molecular weight is 617 g/mol. The molecule has 0 radical (unpaired) electrons. The van der Waals surface area contributed by atoms with Crippen LogP contribution in [-0.2, 0) is 10.0 Å². The first-order valence-corrected chi connectivity index (χ1v) is 15.9. The number of fused-ring (bicyclic) bond motifs is 2. The van der Waals surface area contributed by atoms with Gasteiger partial charge in [0, 0.05) is 30.6 Å². The quantitative estimate of drug-likeness (QED) is 0.255. The highest BCUT2D eigenvalue weighted by atomic mass is 32.2. The number of ether oxygens (including phenoxy) is 1. The van der Waals surface area contributed by atoms with Crippen molar-refractivity contribution in [1.82, 2.24) is 9.80 Å². The summed E-state index contributed by atoms with van der Waals surface area (Å²) in [4.78, 5) is 30.2. The number of amides is 3. The number of rotatable bonds is 8. The maximum absolute atomic E-state index is 13.8. The second-order valence-electron chi connectivity index (χ2n) is 11.1. The van der Waals surface area contributed by atoms with Gasteiger partial charge in [0.05, 0.1) is 35.3 Å². The first-order chi connectivity index (χ1) is 21.1. The summed E-state index contributed by atoms with van der Waals surface area (Å²) in [5.41, 5.74) is 1.03. The summed E-state index contributed by atoms with van der Waals surface area (Å²) in [5, 5.41) is 14.9. The summed E-state index contributed by atoms with van der Waals surface area (Å²) in [7, 11) is -2.22. The standard InChI is InChI=1S/C33H36N4O6S/c1-22-19-37(23(2)21-38)32(39)28-18-25(35-44(41,42)26-12-5-4-6-13-26)16-17-30(28)43-31(22)20-36(3)33(40)34-29-15-9-11-24-10-7-8-14-27(24)29/h4-18,22-23,31,35,38H,19-21H2,1-3H3,(H,34,40)/t22-,23-,31-/m1/s1. The van der Waals surface area contributed by atoms with Gasteiger partial charge in [-0.1, -0.05) is 61.5 Å². The first-order valence-electron chi connectivity index (χ1n) is 14.4. The van der Waals surface area contributed by atoms with Crippen molar-refractivity contribution in [3.63, 3.8) is 0 Å². The molecule has 230 valence electrons. The van der Waals surface area contributed by atoms with Crippen molar-refractivity contribution in [1.29, 1.82) is 0 Å². The summed E-state index contributed by atoms with van der Waals surface area (Å²) in [6.45, 7) is 3.87. The smallest absolute Gasteiger partial charge is 0.321 e. The van der Waals surface area contributed by atoms with Gasteiger partial charge in [-0.3, -0.25) is 9.52 Å². The third kappa shape index (κ3) is 6.63. The number of hydrogen-bond donors (Lipinski definition) is 3. The zero-order valence-electron chi connectivity index (χ0n) is 24.8. The van der Waals surface area contributed by atoms with Crippen molar-refractivity contribution in [2.24, 2.45) is 5.92 Å². The molecule has 5 rings (SSSR count). The van der Waals surface area contributed by atoms with Crippen LogP contribution in [0.15, 0.2) is 95.9 Å². The molecule has 0 unspecified atom stereocenters. The van der Waals surface area contributed by atoms with Crippen molar-refractivity contribution < 1.29 is 27.9 Å². The second kappa shape index (κ2) is 12.9. The fourth-order valence-electron chi connectivity index (χ4n) is 5.22. The molecule has 3 amide bonds. The van der Waals surface area contributed by atoms with Crippen LogP contribution < -0.4 is 14.8 Å². The molecule has 1 aliphatic rings. The van der Waals surface area contributed by atoms with E-state index in [0.717, 1.165) is 10.8 Å². The van der Waals surface area contributed by atoms with E-state index in [4.69, 9.17) is 4.74 Å². The molecule has 1 aliphatic heterocycles. The van der Waals surface area contributed by atoms with Crippen LogP contribution in [0.2, 0.25) is 0 Å². The topological polar surface area (TPSA) is 128 Å². The van der Waals surface area contributed by atoms with Gasteiger partial charge < -0.3 is 25.0 Å². The van der Waals surface area contributed by atoms with Crippen molar-refractivity contribution in [2.45, 2.75) is 30.9 Å². The van der Waals surface area contributed by atoms with Gasteiger partial charge in [0.25, 0.3) is 15.9 Å². The monoisotopic (exact) mass is 616 g/mol. The highest BCUT2D eigenvalue weighted by molar-refractivity contribution is 7.92. The molecule has 4 aromatic rings. The van der Waals surface area contributed by atoms with Crippen LogP contribution in [0.1, 0.15) is 24.2 Å². The Balaban J connectivity index is 1.40. The molecule has 0 aliphatic carbocycles. The van der Waals surface area contributed by atoms with Gasteiger partial charge in [-0.15, -0.1) is 0 Å². The molecule has 44 heavy (non-hydrogen) atoms. The number of nitrogens with zero attached hydrogens (tertiary/aromatic N) is 2. The fourth-order valence-corrected chi connectivity index (χ4v) is 6.29. The lowest BCUT2D eigenvalue weighted by Crippen LogP contribution is -2.50. The summed E-state index contributed by atoms with van der Waals surface area (Å²) >= 11 is 0. The minimum atomic E-state index is -3.90. The highest BCUT2D eigenvalue weighted by Crippen LogP contribution is 2.32. The maximum Gasteiger partial charge on any atom is 0.321 e. The van der Waals surface area contributed by atoms with E-state index in [0.29, 0.717) is 5.69 Å². The number of aliphatic hydroxyl groups is 1. The summed E-state index contributed by atoms with van der Waals surface area (Å²) in [6.07, 6.45) is -0.523. The molecular weight excluding hydrogens is 580 g/mol. The second-order valence-corrected chi connectivity index (χ2v) is 12.8. The Morgan fingerprint density at radius 1 is 1.05 bits per heavy atom. The number of nitrogens with one attached hydrogen (secondary N) is 2. The summed E-state index contributed by atoms with van der Waals surface area (Å²) in [5.74, 6) is -0.355. The van der Waals surface area contributed by atoms with Gasteiger partial charge in [-0.25, -0.2) is 13.2 Å². The van der Waals surface area contributed by atoms with E-state index in [-0.39, 0.29) is 53.5 Å². The number of carbonyl (C=O) groups is 2. The molecule has 0 fully saturated rings. The molecule has 10 nitrogen and oxygen atoms in total. The zero-order valence-corrected chi connectivity index (χ0v) is 25.6. The molecular formula is C33H36N4O6S. The van der Waals surface area contributed by atoms with E-state index >= 15 is 0 Å². The molecule has 4 aromatic carbocycles. The predicted octanol–water partition coefficient (Wildman–Crippen LogP) is 5.02. The fraction of sp³-hybridized carbons (Fsp3) is 0.273. The van der Waals surface area contributed by atoms with E-state index in [9.17, 15) is 23.1 Å². The van der Waals surface area contributed by atoms with Crippen molar-refractivity contribution >= 4 is 44.1 Å². The molecule has 0 saturated carbocycles. The number of carbonyl (C=O) groups excluding carboxylic acids is 2. The van der Waals surface area contributed by atoms with Gasteiger partial charge in [0.15, 0.2) is 0 Å². The number of anilines is 2. The van der Waals surface area contributed by atoms with Crippen LogP contribution in [0.3, 0.4) is 0 Å². The van der Waals surface area contributed by atoms with E-state index in [1.807, 2.05) is 49.4 Å². The average Bonchev–Trinajstić information content (AvgIpc) is 3.03. The third-order valence-electron chi connectivity index (χ3n) is 7.80. The lowest BCUT2D eigenvalue weighted by atomic mass is 9.99. The van der Waals surface area contributed by atoms with E-state index < -0.39 is 28.1 Å². The van der Waals surface area contributed by atoms with Crippen LogP contribution in [0, 0.1) is 5.92 Å². The minimum absolute atomic E-state index is 0.0866. The number of hydrogen-bond acceptors (Lipinski definition) is 6. The number of sulfonamides is 1. The number of likely N-dealkylation sites (N-methyl/N-ethyl adjacent to an activating group) is 1. The summed E-state index contributed by atoms with van der Waals surface area (Å²) in [6, 6.07) is 25.1. The van der Waals surface area contributed by atoms with Crippen molar-refractivity contribution in [2.75, 3.05) is 36.8 Å². The Hall–Kier alpha value is -4.61. The highest BCUT2D eigenvalue weighted by Gasteiger charge is 2.34. The number of aliphatic hydroxyl groups excluding tert-OH is 1. The molecule has 1 heterocycles. The van der Waals surface area contributed by atoms with Gasteiger partial charge in [-0.05, 0) is 48.7 Å². The Morgan fingerprint density at radius 3 is 2.50 bits per heavy atom. The maximum atomic E-state index is 13.8. The molecule has 0 spiro atoms. The number of urea groups is 1. The van der Waals surface area contributed by atoms with Crippen LogP contribution in [0.4, 0.5) is 16.2 Å². The Morgan fingerprint density at radius 2 is 1.75 bits per heavy atom. The van der Waals surface area contributed by atoms with E-state index in [1.165, 1.54) is 29.2 Å². The minimum Gasteiger partial charge on any atom is -0.487 e. The van der Waals surface area contributed by atoms with Crippen LogP contribution in [0.25, 0.3) is 10.8 Å². The van der Waals surface area contributed by atoms with Crippen LogP contribution >= 0.6 is 0 Å². The molecule has 3 atom stereocenters. The lowest BCUT2D eigenvalue weighted by Gasteiger charge is -2.38. The Bertz CT molecular complexity index is 1760. The molecule has 0 aromatic heterocycles.